The van der Waals surface area contributed by atoms with Crippen molar-refractivity contribution in [3.63, 3.8) is 0 Å². The van der Waals surface area contributed by atoms with Gasteiger partial charge in [-0.25, -0.2) is 9.69 Å². The number of hydrogen-bond acceptors (Lipinski definition) is 3. The van der Waals surface area contributed by atoms with Crippen LogP contribution in [-0.2, 0) is 9.53 Å². The molecule has 0 bridgehead atoms. The lowest BCUT2D eigenvalue weighted by Crippen LogP contribution is -2.41. The molecular weight excluding hydrogens is 242 g/mol. The molecule has 1 aromatic rings. The quantitative estimate of drug-likeness (QED) is 0.820. The number of imide groups is 1. The SMILES string of the molecule is CC(=O)N(C(=O)OC(C)(C)C)C(C)c1ccccc1. The minimum absolute atomic E-state index is 0.328. The normalized spacial score (nSPS) is 12.7. The van der Waals surface area contributed by atoms with Crippen LogP contribution in [0.3, 0.4) is 0 Å². The molecular formula is C15H21NO3. The Balaban J connectivity index is 2.96. The number of hydrogen-bond donors (Lipinski definition) is 0. The first-order valence-electron chi connectivity index (χ1n) is 6.30. The summed E-state index contributed by atoms with van der Waals surface area (Å²) in [5.74, 6) is -0.328. The summed E-state index contributed by atoms with van der Waals surface area (Å²) in [6, 6.07) is 9.05. The monoisotopic (exact) mass is 263 g/mol. The van der Waals surface area contributed by atoms with E-state index in [1.165, 1.54) is 6.92 Å². The Kier molecular flexibility index (Phi) is 4.70. The van der Waals surface area contributed by atoms with Gasteiger partial charge in [0.25, 0.3) is 0 Å². The number of carbonyl (C=O) groups is 2. The fraction of sp³-hybridized carbons (Fsp3) is 0.467. The van der Waals surface area contributed by atoms with Crippen molar-refractivity contribution >= 4 is 12.0 Å². The van der Waals surface area contributed by atoms with Crippen LogP contribution in [-0.4, -0.2) is 22.5 Å². The standard InChI is InChI=1S/C15H21NO3/c1-11(13-9-7-6-8-10-13)16(12(2)17)14(18)19-15(3,4)5/h6-11H,1-5H3. The Bertz CT molecular complexity index is 448. The fourth-order valence-electron chi connectivity index (χ4n) is 1.75. The number of carbonyl (C=O) groups excluding carboxylic acids is 2. The van der Waals surface area contributed by atoms with Gasteiger partial charge in [-0.05, 0) is 33.3 Å². The molecule has 0 N–H and O–H groups in total. The van der Waals surface area contributed by atoms with Gasteiger partial charge >= 0.3 is 6.09 Å². The second-order valence-corrected chi connectivity index (χ2v) is 5.46. The van der Waals surface area contributed by atoms with Crippen LogP contribution in [0.4, 0.5) is 4.79 Å². The largest absolute Gasteiger partial charge is 0.443 e. The summed E-state index contributed by atoms with van der Waals surface area (Å²) in [7, 11) is 0. The maximum atomic E-state index is 12.1. The van der Waals surface area contributed by atoms with Crippen molar-refractivity contribution in [3.05, 3.63) is 35.9 Å². The molecule has 19 heavy (non-hydrogen) atoms. The van der Waals surface area contributed by atoms with E-state index in [0.717, 1.165) is 10.5 Å². The van der Waals surface area contributed by atoms with Crippen molar-refractivity contribution in [1.82, 2.24) is 4.90 Å². The van der Waals surface area contributed by atoms with Crippen LogP contribution in [0.5, 0.6) is 0 Å². The molecule has 0 fully saturated rings. The zero-order chi connectivity index (χ0) is 14.6. The van der Waals surface area contributed by atoms with Crippen molar-refractivity contribution in [1.29, 1.82) is 0 Å². The number of amides is 2. The molecule has 0 aliphatic heterocycles. The minimum atomic E-state index is -0.624. The van der Waals surface area contributed by atoms with E-state index in [2.05, 4.69) is 0 Å². The zero-order valence-electron chi connectivity index (χ0n) is 12.1. The maximum Gasteiger partial charge on any atom is 0.417 e. The van der Waals surface area contributed by atoms with Crippen molar-refractivity contribution in [2.45, 2.75) is 46.3 Å². The Morgan fingerprint density at radius 3 is 2.11 bits per heavy atom. The molecule has 4 nitrogen and oxygen atoms in total. The van der Waals surface area contributed by atoms with Gasteiger partial charge < -0.3 is 4.74 Å². The van der Waals surface area contributed by atoms with Gasteiger partial charge in [-0.1, -0.05) is 30.3 Å². The third-order valence-corrected chi connectivity index (χ3v) is 2.60. The summed E-state index contributed by atoms with van der Waals surface area (Å²) in [5, 5.41) is 0. The highest BCUT2D eigenvalue weighted by Gasteiger charge is 2.29. The molecule has 4 heteroatoms. The van der Waals surface area contributed by atoms with Crippen LogP contribution in [0.15, 0.2) is 30.3 Å². The Labute approximate surface area is 114 Å². The Hall–Kier alpha value is -1.84. The van der Waals surface area contributed by atoms with Crippen LogP contribution >= 0.6 is 0 Å². The molecule has 1 aromatic carbocycles. The van der Waals surface area contributed by atoms with Crippen LogP contribution in [0.25, 0.3) is 0 Å². The second-order valence-electron chi connectivity index (χ2n) is 5.46. The number of rotatable bonds is 2. The molecule has 0 saturated heterocycles. The van der Waals surface area contributed by atoms with Gasteiger partial charge in [0.1, 0.15) is 5.60 Å². The highest BCUT2D eigenvalue weighted by Crippen LogP contribution is 2.22. The average Bonchev–Trinajstić information content (AvgIpc) is 2.27. The summed E-state index contributed by atoms with van der Waals surface area (Å²) >= 11 is 0. The first-order chi connectivity index (χ1) is 8.72. The number of ether oxygens (including phenoxy) is 1. The molecule has 1 atom stereocenters. The molecule has 104 valence electrons. The average molecular weight is 263 g/mol. The van der Waals surface area contributed by atoms with Gasteiger partial charge in [0.2, 0.25) is 5.91 Å². The molecule has 0 aliphatic carbocycles. The Morgan fingerprint density at radius 1 is 1.16 bits per heavy atom. The summed E-state index contributed by atoms with van der Waals surface area (Å²) in [4.78, 5) is 24.9. The van der Waals surface area contributed by atoms with E-state index in [-0.39, 0.29) is 11.9 Å². The molecule has 0 radical (unpaired) electrons. The third-order valence-electron chi connectivity index (χ3n) is 2.60. The second kappa shape index (κ2) is 5.87. The van der Waals surface area contributed by atoms with Gasteiger partial charge in [-0.15, -0.1) is 0 Å². The third kappa shape index (κ3) is 4.39. The molecule has 1 unspecified atom stereocenters. The Morgan fingerprint density at radius 2 is 1.68 bits per heavy atom. The molecule has 1 rings (SSSR count). The van der Waals surface area contributed by atoms with Crippen LogP contribution in [0.1, 0.15) is 46.2 Å². The zero-order valence-corrected chi connectivity index (χ0v) is 12.1. The molecule has 0 spiro atoms. The summed E-state index contributed by atoms with van der Waals surface area (Å²) < 4.78 is 5.27. The smallest absolute Gasteiger partial charge is 0.417 e. The van der Waals surface area contributed by atoms with E-state index in [4.69, 9.17) is 4.74 Å². The number of benzene rings is 1. The maximum absolute atomic E-state index is 12.1. The van der Waals surface area contributed by atoms with E-state index in [1.54, 1.807) is 27.7 Å². The lowest BCUT2D eigenvalue weighted by Gasteiger charge is -2.29. The molecule has 0 heterocycles. The molecule has 0 aromatic heterocycles. The fourth-order valence-corrected chi connectivity index (χ4v) is 1.75. The first kappa shape index (κ1) is 15.2. The van der Waals surface area contributed by atoms with Gasteiger partial charge in [-0.3, -0.25) is 4.79 Å². The minimum Gasteiger partial charge on any atom is -0.443 e. The highest BCUT2D eigenvalue weighted by molar-refractivity contribution is 5.91. The molecule has 0 saturated carbocycles. The van der Waals surface area contributed by atoms with Crippen molar-refractivity contribution < 1.29 is 14.3 Å². The lowest BCUT2D eigenvalue weighted by atomic mass is 10.1. The van der Waals surface area contributed by atoms with E-state index in [0.29, 0.717) is 0 Å². The predicted octanol–water partition coefficient (Wildman–Crippen LogP) is 3.53. The van der Waals surface area contributed by atoms with Crippen LogP contribution < -0.4 is 0 Å². The van der Waals surface area contributed by atoms with Gasteiger partial charge in [-0.2, -0.15) is 0 Å². The topological polar surface area (TPSA) is 46.6 Å². The van der Waals surface area contributed by atoms with Crippen LogP contribution in [0.2, 0.25) is 0 Å². The van der Waals surface area contributed by atoms with Crippen molar-refractivity contribution in [2.75, 3.05) is 0 Å². The van der Waals surface area contributed by atoms with Crippen molar-refractivity contribution in [2.24, 2.45) is 0 Å². The van der Waals surface area contributed by atoms with Gasteiger partial charge in [0, 0.05) is 6.92 Å². The molecule has 2 amide bonds. The van der Waals surface area contributed by atoms with E-state index < -0.39 is 11.7 Å². The van der Waals surface area contributed by atoms with E-state index >= 15 is 0 Å². The first-order valence-corrected chi connectivity index (χ1v) is 6.30. The number of nitrogens with zero attached hydrogens (tertiary/aromatic N) is 1. The lowest BCUT2D eigenvalue weighted by molar-refractivity contribution is -0.130. The summed E-state index contributed by atoms with van der Waals surface area (Å²) in [6.45, 7) is 8.49. The van der Waals surface area contributed by atoms with Gasteiger partial charge in [0.05, 0.1) is 6.04 Å². The predicted molar refractivity (Wildman–Crippen MR) is 73.6 cm³/mol. The van der Waals surface area contributed by atoms with Gasteiger partial charge in [0.15, 0.2) is 0 Å². The van der Waals surface area contributed by atoms with Crippen molar-refractivity contribution in [3.8, 4) is 0 Å². The van der Waals surface area contributed by atoms with E-state index in [9.17, 15) is 9.59 Å². The van der Waals surface area contributed by atoms with E-state index in [1.807, 2.05) is 30.3 Å². The molecule has 0 aliphatic rings. The van der Waals surface area contributed by atoms with Crippen LogP contribution in [0, 0.1) is 0 Å². The summed E-state index contributed by atoms with van der Waals surface area (Å²) in [6.07, 6.45) is -0.614. The summed E-state index contributed by atoms with van der Waals surface area (Å²) in [5.41, 5.74) is 0.268. The highest BCUT2D eigenvalue weighted by atomic mass is 16.6.